The number of halogens is 1. The molecule has 1 aromatic carbocycles. The monoisotopic (exact) mass is 444 g/mol. The van der Waals surface area contributed by atoms with E-state index in [4.69, 9.17) is 4.52 Å². The van der Waals surface area contributed by atoms with Crippen molar-refractivity contribution in [2.45, 2.75) is 83.7 Å². The van der Waals surface area contributed by atoms with E-state index in [0.717, 1.165) is 17.3 Å². The number of hydrogen-bond donors (Lipinski definition) is 0. The molecule has 0 amide bonds. The number of hydrogen-bond acceptors (Lipinski definition) is 2. The minimum atomic E-state index is -2.44. The van der Waals surface area contributed by atoms with Gasteiger partial charge in [0.05, 0.1) is 6.61 Å². The summed E-state index contributed by atoms with van der Waals surface area (Å²) in [5, 5.41) is 1.15. The van der Waals surface area contributed by atoms with Crippen LogP contribution in [0.1, 0.15) is 82.6 Å². The van der Waals surface area contributed by atoms with Gasteiger partial charge in [-0.3, -0.25) is 4.57 Å². The zero-order valence-electron chi connectivity index (χ0n) is 16.6. The van der Waals surface area contributed by atoms with Crippen molar-refractivity contribution in [3.05, 3.63) is 35.9 Å². The van der Waals surface area contributed by atoms with Gasteiger partial charge in [-0.25, -0.2) is 0 Å². The summed E-state index contributed by atoms with van der Waals surface area (Å²) in [5.41, 5.74) is 1.10. The third-order valence-electron chi connectivity index (χ3n) is 4.80. The average molecular weight is 445 g/mol. The highest BCUT2D eigenvalue weighted by Gasteiger charge is 2.15. The molecule has 0 saturated heterocycles. The van der Waals surface area contributed by atoms with E-state index in [2.05, 4.69) is 15.9 Å². The predicted molar refractivity (Wildman–Crippen MR) is 119 cm³/mol. The molecule has 1 aromatic rings. The molecule has 4 heteroatoms. The number of alkyl halides is 1. The fraction of sp³-hybridized carbons (Fsp3) is 0.727. The molecule has 0 bridgehead atoms. The van der Waals surface area contributed by atoms with Crippen molar-refractivity contribution in [2.75, 3.05) is 18.2 Å². The summed E-state index contributed by atoms with van der Waals surface area (Å²) >= 11 is 3.48. The molecular formula is C22H38BrO2P. The molecule has 0 aliphatic carbocycles. The van der Waals surface area contributed by atoms with Crippen LogP contribution in [0.3, 0.4) is 0 Å². The van der Waals surface area contributed by atoms with Crippen molar-refractivity contribution < 1.29 is 9.09 Å². The number of unbranched alkanes of at least 4 members (excludes halogenated alkanes) is 11. The Balaban J connectivity index is 1.89. The highest BCUT2D eigenvalue weighted by atomic mass is 79.9. The van der Waals surface area contributed by atoms with Crippen molar-refractivity contribution in [1.82, 2.24) is 0 Å². The first-order valence-electron chi connectivity index (χ1n) is 10.4. The fourth-order valence-corrected chi connectivity index (χ4v) is 4.86. The Hall–Kier alpha value is -0.110. The maximum absolute atomic E-state index is 12.5. The lowest BCUT2D eigenvalue weighted by molar-refractivity contribution is 0.305. The van der Waals surface area contributed by atoms with Crippen LogP contribution >= 0.6 is 23.3 Å². The molecule has 0 heterocycles. The second-order valence-corrected chi connectivity index (χ2v) is 11.0. The topological polar surface area (TPSA) is 26.3 Å². The van der Waals surface area contributed by atoms with E-state index >= 15 is 0 Å². The van der Waals surface area contributed by atoms with Gasteiger partial charge in [0, 0.05) is 18.2 Å². The lowest BCUT2D eigenvalue weighted by atomic mass is 10.1. The standard InChI is InChI=1S/C22H38BrO2P/c1-26(24,25-21-22-17-13-12-14-18-22)20-16-11-9-7-5-3-2-4-6-8-10-15-19-23/h12-14,17-18H,2-11,15-16,19-21H2,1H3. The molecule has 1 rings (SSSR count). The van der Waals surface area contributed by atoms with Gasteiger partial charge in [0.2, 0.25) is 7.37 Å². The average Bonchev–Trinajstić information content (AvgIpc) is 2.65. The lowest BCUT2D eigenvalue weighted by Gasteiger charge is -2.14. The second-order valence-electron chi connectivity index (χ2n) is 7.43. The third kappa shape index (κ3) is 14.0. The first-order chi connectivity index (χ1) is 12.6. The molecule has 0 radical (unpaired) electrons. The molecule has 0 aliphatic rings. The van der Waals surface area contributed by atoms with Crippen LogP contribution < -0.4 is 0 Å². The number of rotatable bonds is 17. The first kappa shape index (κ1) is 23.9. The molecular weight excluding hydrogens is 407 g/mol. The zero-order chi connectivity index (χ0) is 18.9. The summed E-state index contributed by atoms with van der Waals surface area (Å²) in [4.78, 5) is 0. The van der Waals surface area contributed by atoms with Crippen molar-refractivity contribution >= 4 is 23.3 Å². The van der Waals surface area contributed by atoms with Crippen LogP contribution in [-0.4, -0.2) is 18.2 Å². The van der Waals surface area contributed by atoms with Crippen molar-refractivity contribution in [3.63, 3.8) is 0 Å². The Morgan fingerprint density at radius 2 is 1.23 bits per heavy atom. The van der Waals surface area contributed by atoms with Gasteiger partial charge in [0.15, 0.2) is 0 Å². The summed E-state index contributed by atoms with van der Waals surface area (Å²) < 4.78 is 18.1. The van der Waals surface area contributed by atoms with Gasteiger partial charge in [0.1, 0.15) is 0 Å². The van der Waals surface area contributed by atoms with Gasteiger partial charge < -0.3 is 4.52 Å². The zero-order valence-corrected chi connectivity index (χ0v) is 19.1. The van der Waals surface area contributed by atoms with Gasteiger partial charge in [0.25, 0.3) is 0 Å². The third-order valence-corrected chi connectivity index (χ3v) is 7.16. The molecule has 1 unspecified atom stereocenters. The largest absolute Gasteiger partial charge is 0.324 e. The Labute approximate surface area is 170 Å². The molecule has 0 fully saturated rings. The molecule has 2 nitrogen and oxygen atoms in total. The maximum atomic E-state index is 12.5. The Bertz CT molecular complexity index is 478. The highest BCUT2D eigenvalue weighted by molar-refractivity contribution is 9.09. The second kappa shape index (κ2) is 15.9. The van der Waals surface area contributed by atoms with Crippen LogP contribution in [0, 0.1) is 0 Å². The molecule has 0 aromatic heterocycles. The molecule has 0 saturated carbocycles. The smallest absolute Gasteiger partial charge is 0.200 e. The van der Waals surface area contributed by atoms with Crippen LogP contribution in [0.5, 0.6) is 0 Å². The van der Waals surface area contributed by atoms with Crippen LogP contribution in [0.2, 0.25) is 0 Å². The summed E-state index contributed by atoms with van der Waals surface area (Å²) in [7, 11) is -2.44. The molecule has 0 aliphatic heterocycles. The normalized spacial score (nSPS) is 13.6. The molecule has 1 atom stereocenters. The maximum Gasteiger partial charge on any atom is 0.200 e. The van der Waals surface area contributed by atoms with E-state index in [1.54, 1.807) is 6.66 Å². The van der Waals surface area contributed by atoms with E-state index < -0.39 is 7.37 Å². The van der Waals surface area contributed by atoms with E-state index in [-0.39, 0.29) is 0 Å². The highest BCUT2D eigenvalue weighted by Crippen LogP contribution is 2.44. The predicted octanol–water partition coefficient (Wildman–Crippen LogP) is 8.19. The van der Waals surface area contributed by atoms with Crippen molar-refractivity contribution in [3.8, 4) is 0 Å². The van der Waals surface area contributed by atoms with Crippen LogP contribution in [-0.2, 0) is 15.7 Å². The Morgan fingerprint density at radius 1 is 0.769 bits per heavy atom. The fourth-order valence-electron chi connectivity index (χ4n) is 3.11. The minimum absolute atomic E-state index is 0.463. The first-order valence-corrected chi connectivity index (χ1v) is 13.8. The van der Waals surface area contributed by atoms with Gasteiger partial charge in [-0.2, -0.15) is 0 Å². The van der Waals surface area contributed by atoms with Crippen LogP contribution in [0.4, 0.5) is 0 Å². The van der Waals surface area contributed by atoms with E-state index in [0.29, 0.717) is 12.8 Å². The molecule has 0 spiro atoms. The van der Waals surface area contributed by atoms with Crippen LogP contribution in [0.15, 0.2) is 30.3 Å². The molecule has 150 valence electrons. The summed E-state index contributed by atoms with van der Waals surface area (Å²) in [6.45, 7) is 2.25. The molecule has 0 N–H and O–H groups in total. The van der Waals surface area contributed by atoms with Gasteiger partial charge >= 0.3 is 0 Å². The van der Waals surface area contributed by atoms with E-state index in [9.17, 15) is 4.57 Å². The summed E-state index contributed by atoms with van der Waals surface area (Å²) in [6, 6.07) is 10.0. The quantitative estimate of drug-likeness (QED) is 0.137. The lowest BCUT2D eigenvalue weighted by Crippen LogP contribution is -1.95. The van der Waals surface area contributed by atoms with Gasteiger partial charge in [-0.05, 0) is 18.4 Å². The van der Waals surface area contributed by atoms with Gasteiger partial charge in [-0.15, -0.1) is 0 Å². The van der Waals surface area contributed by atoms with E-state index in [1.165, 1.54) is 70.6 Å². The Kier molecular flexibility index (Phi) is 14.6. The molecule has 26 heavy (non-hydrogen) atoms. The Morgan fingerprint density at radius 3 is 1.73 bits per heavy atom. The summed E-state index contributed by atoms with van der Waals surface area (Å²) in [6.07, 6.45) is 16.5. The van der Waals surface area contributed by atoms with Crippen molar-refractivity contribution in [1.29, 1.82) is 0 Å². The summed E-state index contributed by atoms with van der Waals surface area (Å²) in [5.74, 6) is 0. The minimum Gasteiger partial charge on any atom is -0.324 e. The van der Waals surface area contributed by atoms with Crippen LogP contribution in [0.25, 0.3) is 0 Å². The van der Waals surface area contributed by atoms with Gasteiger partial charge in [-0.1, -0.05) is 110 Å². The number of benzene rings is 1. The van der Waals surface area contributed by atoms with Crippen molar-refractivity contribution in [2.24, 2.45) is 0 Å². The SMILES string of the molecule is CP(=O)(CCCCCCCCCCCCCCBr)OCc1ccccc1. The van der Waals surface area contributed by atoms with E-state index in [1.807, 2.05) is 30.3 Å².